The van der Waals surface area contributed by atoms with Gasteiger partial charge in [0.25, 0.3) is 0 Å². The predicted molar refractivity (Wildman–Crippen MR) is 70.7 cm³/mol. The van der Waals surface area contributed by atoms with E-state index in [0.717, 1.165) is 18.2 Å². The van der Waals surface area contributed by atoms with Gasteiger partial charge >= 0.3 is 12.1 Å². The van der Waals surface area contributed by atoms with E-state index >= 15 is 0 Å². The summed E-state index contributed by atoms with van der Waals surface area (Å²) >= 11 is 0. The number of nitrogens with zero attached hydrogens (tertiary/aromatic N) is 1. The summed E-state index contributed by atoms with van der Waals surface area (Å²) in [6.07, 6.45) is -4.72. The van der Waals surface area contributed by atoms with Crippen LogP contribution in [0.25, 0.3) is 0 Å². The second kappa shape index (κ2) is 6.48. The highest BCUT2D eigenvalue weighted by atomic mass is 19.4. The van der Waals surface area contributed by atoms with Crippen LogP contribution in [0.1, 0.15) is 31.4 Å². The van der Waals surface area contributed by atoms with E-state index in [9.17, 15) is 18.0 Å². The van der Waals surface area contributed by atoms with Crippen molar-refractivity contribution < 1.29 is 23.1 Å². The Kier molecular flexibility index (Phi) is 5.19. The van der Waals surface area contributed by atoms with Crippen molar-refractivity contribution >= 4 is 11.7 Å². The molecule has 1 unspecified atom stereocenters. The van der Waals surface area contributed by atoms with Crippen molar-refractivity contribution in [3.05, 3.63) is 29.3 Å². The molecule has 0 heterocycles. The monoisotopic (exact) mass is 300 g/mol. The molecule has 0 spiro atoms. The van der Waals surface area contributed by atoms with Crippen LogP contribution in [0.4, 0.5) is 18.9 Å². The fourth-order valence-corrected chi connectivity index (χ4v) is 1.78. The van der Waals surface area contributed by atoms with Gasteiger partial charge in [-0.1, -0.05) is 13.8 Å². The number of carboxylic acids is 1. The molecule has 21 heavy (non-hydrogen) atoms. The van der Waals surface area contributed by atoms with Gasteiger partial charge in [0.15, 0.2) is 0 Å². The molecule has 0 radical (unpaired) electrons. The largest absolute Gasteiger partial charge is 0.481 e. The summed E-state index contributed by atoms with van der Waals surface area (Å²) in [5.74, 6) is -1.08. The molecule has 0 bridgehead atoms. The summed E-state index contributed by atoms with van der Waals surface area (Å²) in [4.78, 5) is 10.8. The number of hydrogen-bond donors (Lipinski definition) is 2. The fraction of sp³-hybridized carbons (Fsp3) is 0.429. The Bertz CT molecular complexity index is 562. The van der Waals surface area contributed by atoms with Crippen LogP contribution in [0.15, 0.2) is 18.2 Å². The van der Waals surface area contributed by atoms with Crippen LogP contribution >= 0.6 is 0 Å². The maximum absolute atomic E-state index is 12.6. The van der Waals surface area contributed by atoms with E-state index in [2.05, 4.69) is 5.32 Å². The lowest BCUT2D eigenvalue weighted by atomic mass is 9.99. The second-order valence-corrected chi connectivity index (χ2v) is 4.96. The molecule has 1 aromatic carbocycles. The maximum atomic E-state index is 12.6. The van der Waals surface area contributed by atoms with E-state index < -0.39 is 23.8 Å². The third-order valence-electron chi connectivity index (χ3n) is 3.01. The van der Waals surface area contributed by atoms with Crippen LogP contribution in [-0.4, -0.2) is 17.1 Å². The average Bonchev–Trinajstić information content (AvgIpc) is 2.36. The fourth-order valence-electron chi connectivity index (χ4n) is 1.78. The standard InChI is InChI=1S/C14H15F3N2O2/c1-8(2)12(6-13(20)21)19-11-4-3-10(14(15,16)17)5-9(11)7-18/h3-5,8,12,19H,6H2,1-2H3,(H,20,21). The highest BCUT2D eigenvalue weighted by molar-refractivity contribution is 5.69. The summed E-state index contributed by atoms with van der Waals surface area (Å²) < 4.78 is 37.8. The molecule has 4 nitrogen and oxygen atoms in total. The molecule has 0 saturated carbocycles. The lowest BCUT2D eigenvalue weighted by Gasteiger charge is -2.23. The predicted octanol–water partition coefficient (Wildman–Crippen LogP) is 3.49. The summed E-state index contributed by atoms with van der Waals surface area (Å²) in [6, 6.07) is 3.98. The van der Waals surface area contributed by atoms with Crippen molar-refractivity contribution in [2.75, 3.05) is 5.32 Å². The molecule has 2 N–H and O–H groups in total. The summed E-state index contributed by atoms with van der Waals surface area (Å²) in [5.41, 5.74) is -0.879. The first kappa shape index (κ1) is 16.8. The Morgan fingerprint density at radius 1 is 1.43 bits per heavy atom. The SMILES string of the molecule is CC(C)C(CC(=O)O)Nc1ccc(C(F)(F)F)cc1C#N. The van der Waals surface area contributed by atoms with Gasteiger partial charge in [0.1, 0.15) is 6.07 Å². The van der Waals surface area contributed by atoms with Crippen LogP contribution < -0.4 is 5.32 Å². The molecule has 0 amide bonds. The number of aliphatic carboxylic acids is 1. The highest BCUT2D eigenvalue weighted by Gasteiger charge is 2.31. The molecule has 7 heteroatoms. The first-order valence-electron chi connectivity index (χ1n) is 6.24. The van der Waals surface area contributed by atoms with E-state index in [-0.39, 0.29) is 23.6 Å². The minimum atomic E-state index is -4.53. The second-order valence-electron chi connectivity index (χ2n) is 4.96. The molecule has 0 aliphatic rings. The van der Waals surface area contributed by atoms with Gasteiger partial charge in [0.05, 0.1) is 23.2 Å². The van der Waals surface area contributed by atoms with E-state index in [1.54, 1.807) is 19.9 Å². The van der Waals surface area contributed by atoms with Gasteiger partial charge in [0, 0.05) is 6.04 Å². The number of hydrogen-bond acceptors (Lipinski definition) is 3. The van der Waals surface area contributed by atoms with Crippen molar-refractivity contribution in [1.82, 2.24) is 0 Å². The van der Waals surface area contributed by atoms with E-state index in [0.29, 0.717) is 0 Å². The number of benzene rings is 1. The maximum Gasteiger partial charge on any atom is 0.416 e. The number of carbonyl (C=O) groups is 1. The Morgan fingerprint density at radius 2 is 2.05 bits per heavy atom. The zero-order valence-electron chi connectivity index (χ0n) is 11.5. The average molecular weight is 300 g/mol. The molecule has 1 aromatic rings. The van der Waals surface area contributed by atoms with Crippen LogP contribution in [0.2, 0.25) is 0 Å². The molecule has 1 rings (SSSR count). The third kappa shape index (κ3) is 4.67. The molecule has 1 atom stereocenters. The van der Waals surface area contributed by atoms with Gasteiger partial charge in [0.2, 0.25) is 0 Å². The number of anilines is 1. The summed E-state index contributed by atoms with van der Waals surface area (Å²) in [6.45, 7) is 3.58. The molecule has 0 saturated heterocycles. The normalized spacial score (nSPS) is 12.8. The van der Waals surface area contributed by atoms with Gasteiger partial charge < -0.3 is 10.4 Å². The van der Waals surface area contributed by atoms with Gasteiger partial charge in [-0.15, -0.1) is 0 Å². The molecule has 0 aliphatic carbocycles. The molecule has 0 fully saturated rings. The number of halogens is 3. The van der Waals surface area contributed by atoms with E-state index in [1.807, 2.05) is 0 Å². The van der Waals surface area contributed by atoms with Gasteiger partial charge in [-0.05, 0) is 24.1 Å². The van der Waals surface area contributed by atoms with Crippen molar-refractivity contribution in [2.45, 2.75) is 32.5 Å². The quantitative estimate of drug-likeness (QED) is 0.873. The number of carboxylic acid groups (broad SMARTS) is 1. The van der Waals surface area contributed by atoms with Crippen LogP contribution in [0.5, 0.6) is 0 Å². The summed E-state index contributed by atoms with van der Waals surface area (Å²) in [7, 11) is 0. The third-order valence-corrected chi connectivity index (χ3v) is 3.01. The van der Waals surface area contributed by atoms with Crippen molar-refractivity contribution in [3.63, 3.8) is 0 Å². The Morgan fingerprint density at radius 3 is 2.48 bits per heavy atom. The zero-order chi connectivity index (χ0) is 16.2. The van der Waals surface area contributed by atoms with Crippen molar-refractivity contribution in [2.24, 2.45) is 5.92 Å². The van der Waals surface area contributed by atoms with Crippen molar-refractivity contribution in [3.8, 4) is 6.07 Å². The topological polar surface area (TPSA) is 73.1 Å². The zero-order valence-corrected chi connectivity index (χ0v) is 11.5. The first-order valence-corrected chi connectivity index (χ1v) is 6.24. The molecule has 114 valence electrons. The van der Waals surface area contributed by atoms with E-state index in [1.165, 1.54) is 0 Å². The van der Waals surface area contributed by atoms with E-state index in [4.69, 9.17) is 10.4 Å². The Hall–Kier alpha value is -2.23. The lowest BCUT2D eigenvalue weighted by molar-refractivity contribution is -0.138. The van der Waals surface area contributed by atoms with Gasteiger partial charge in [-0.2, -0.15) is 18.4 Å². The molecular weight excluding hydrogens is 285 g/mol. The van der Waals surface area contributed by atoms with Crippen LogP contribution in [-0.2, 0) is 11.0 Å². The Balaban J connectivity index is 3.08. The number of rotatable bonds is 5. The molecule has 0 aliphatic heterocycles. The molecule has 0 aromatic heterocycles. The number of nitriles is 1. The lowest BCUT2D eigenvalue weighted by Crippen LogP contribution is -2.29. The number of alkyl halides is 3. The minimum absolute atomic E-state index is 0.0602. The summed E-state index contributed by atoms with van der Waals surface area (Å²) in [5, 5.41) is 20.6. The van der Waals surface area contributed by atoms with Crippen LogP contribution in [0.3, 0.4) is 0 Å². The van der Waals surface area contributed by atoms with Gasteiger partial charge in [-0.3, -0.25) is 4.79 Å². The minimum Gasteiger partial charge on any atom is -0.481 e. The molecular formula is C14H15F3N2O2. The Labute approximate surface area is 120 Å². The van der Waals surface area contributed by atoms with Crippen LogP contribution in [0, 0.1) is 17.2 Å². The van der Waals surface area contributed by atoms with Crippen molar-refractivity contribution in [1.29, 1.82) is 5.26 Å². The number of nitrogens with one attached hydrogen (secondary N) is 1. The van der Waals surface area contributed by atoms with Gasteiger partial charge in [-0.25, -0.2) is 0 Å². The highest BCUT2D eigenvalue weighted by Crippen LogP contribution is 2.32. The first-order chi connectivity index (χ1) is 9.65. The smallest absolute Gasteiger partial charge is 0.416 e.